The lowest BCUT2D eigenvalue weighted by atomic mass is 10.1. The number of carbonyl (C=O) groups is 1. The lowest BCUT2D eigenvalue weighted by Gasteiger charge is -2.16. The molecule has 130 valence electrons. The van der Waals surface area contributed by atoms with Crippen LogP contribution in [0.15, 0.2) is 36.4 Å². The Morgan fingerprint density at radius 1 is 1.28 bits per heavy atom. The van der Waals surface area contributed by atoms with Gasteiger partial charge >= 0.3 is 5.97 Å². The van der Waals surface area contributed by atoms with Gasteiger partial charge in [-0.05, 0) is 32.0 Å². The summed E-state index contributed by atoms with van der Waals surface area (Å²) in [6.07, 6.45) is -0.0910. The van der Waals surface area contributed by atoms with Gasteiger partial charge in [-0.15, -0.1) is 0 Å². The van der Waals surface area contributed by atoms with Gasteiger partial charge in [0, 0.05) is 5.56 Å². The van der Waals surface area contributed by atoms with Crippen LogP contribution >= 0.6 is 11.6 Å². The monoisotopic (exact) mass is 359 g/mol. The Balaban J connectivity index is 2.19. The number of hydrogen-bond donors (Lipinski definition) is 0. The average Bonchev–Trinajstić information content (AvgIpc) is 2.60. The Morgan fingerprint density at radius 3 is 2.64 bits per heavy atom. The maximum atomic E-state index is 12.3. The van der Waals surface area contributed by atoms with Crippen molar-refractivity contribution in [2.75, 3.05) is 7.11 Å². The molecule has 0 heterocycles. The second-order valence-electron chi connectivity index (χ2n) is 5.50. The summed E-state index contributed by atoms with van der Waals surface area (Å²) < 4.78 is 16.2. The van der Waals surface area contributed by atoms with Crippen LogP contribution in [0.5, 0.6) is 11.5 Å². The van der Waals surface area contributed by atoms with Crippen LogP contribution in [-0.2, 0) is 11.3 Å². The Labute approximate surface area is 151 Å². The highest BCUT2D eigenvalue weighted by atomic mass is 35.5. The number of esters is 1. The highest BCUT2D eigenvalue weighted by molar-refractivity contribution is 6.32. The van der Waals surface area contributed by atoms with E-state index >= 15 is 0 Å². The number of nitrogens with zero attached hydrogens (tertiary/aromatic N) is 1. The predicted molar refractivity (Wildman–Crippen MR) is 94.0 cm³/mol. The van der Waals surface area contributed by atoms with Crippen molar-refractivity contribution in [2.45, 2.75) is 26.6 Å². The van der Waals surface area contributed by atoms with Gasteiger partial charge in [-0.2, -0.15) is 5.26 Å². The first-order chi connectivity index (χ1) is 12.0. The Kier molecular flexibility index (Phi) is 6.26. The normalized spacial score (nSPS) is 10.2. The number of halogens is 1. The minimum Gasteiger partial charge on any atom is -0.493 e. The molecular weight excluding hydrogens is 342 g/mol. The topological polar surface area (TPSA) is 68.5 Å². The molecule has 6 heteroatoms. The van der Waals surface area contributed by atoms with Crippen molar-refractivity contribution in [3.8, 4) is 17.6 Å². The van der Waals surface area contributed by atoms with Crippen LogP contribution in [0.3, 0.4) is 0 Å². The number of nitriles is 1. The molecule has 5 nitrogen and oxygen atoms in total. The van der Waals surface area contributed by atoms with Gasteiger partial charge in [0.2, 0.25) is 0 Å². The van der Waals surface area contributed by atoms with Gasteiger partial charge in [-0.3, -0.25) is 0 Å². The minimum atomic E-state index is -0.566. The maximum Gasteiger partial charge on any atom is 0.338 e. The fourth-order valence-corrected chi connectivity index (χ4v) is 2.42. The van der Waals surface area contributed by atoms with Crippen molar-refractivity contribution in [1.29, 1.82) is 5.26 Å². The van der Waals surface area contributed by atoms with E-state index in [1.807, 2.05) is 13.8 Å². The van der Waals surface area contributed by atoms with E-state index in [0.717, 1.165) is 0 Å². The van der Waals surface area contributed by atoms with Crippen molar-refractivity contribution in [3.05, 3.63) is 58.1 Å². The van der Waals surface area contributed by atoms with Crippen LogP contribution < -0.4 is 9.47 Å². The lowest BCUT2D eigenvalue weighted by Crippen LogP contribution is -2.10. The van der Waals surface area contributed by atoms with Gasteiger partial charge in [0.25, 0.3) is 0 Å². The van der Waals surface area contributed by atoms with Crippen LogP contribution in [0.2, 0.25) is 5.02 Å². The fraction of sp³-hybridized carbons (Fsp3) is 0.263. The molecule has 0 atom stereocenters. The number of benzene rings is 2. The SMILES string of the molecule is COc1cc(C(=O)OCc2ccccc2C#N)cc(Cl)c1OC(C)C. The first-order valence-electron chi connectivity index (χ1n) is 7.65. The van der Waals surface area contributed by atoms with E-state index in [4.69, 9.17) is 31.1 Å². The highest BCUT2D eigenvalue weighted by Gasteiger charge is 2.18. The van der Waals surface area contributed by atoms with E-state index in [9.17, 15) is 4.79 Å². The van der Waals surface area contributed by atoms with Crippen molar-refractivity contribution in [3.63, 3.8) is 0 Å². The molecule has 0 radical (unpaired) electrons. The summed E-state index contributed by atoms with van der Waals surface area (Å²) in [5, 5.41) is 9.33. The second kappa shape index (κ2) is 8.41. The molecule has 0 aliphatic heterocycles. The standard InChI is InChI=1S/C19H18ClNO4/c1-12(2)25-18-16(20)8-15(9-17(18)23-3)19(22)24-11-14-7-5-4-6-13(14)10-21/h4-9,12H,11H2,1-3H3. The van der Waals surface area contributed by atoms with Crippen molar-refractivity contribution < 1.29 is 19.0 Å². The van der Waals surface area contributed by atoms with Crippen LogP contribution in [-0.4, -0.2) is 19.2 Å². The number of ether oxygens (including phenoxy) is 3. The van der Waals surface area contributed by atoms with Gasteiger partial charge in [0.1, 0.15) is 6.61 Å². The van der Waals surface area contributed by atoms with E-state index in [0.29, 0.717) is 22.6 Å². The largest absolute Gasteiger partial charge is 0.493 e. The van der Waals surface area contributed by atoms with Crippen molar-refractivity contribution >= 4 is 17.6 Å². The van der Waals surface area contributed by atoms with Crippen molar-refractivity contribution in [1.82, 2.24) is 0 Å². The van der Waals surface area contributed by atoms with E-state index < -0.39 is 5.97 Å². The molecular formula is C19H18ClNO4. The zero-order valence-corrected chi connectivity index (χ0v) is 15.0. The van der Waals surface area contributed by atoms with E-state index in [2.05, 4.69) is 6.07 Å². The van der Waals surface area contributed by atoms with Crippen LogP contribution in [0.4, 0.5) is 0 Å². The van der Waals surface area contributed by atoms with Crippen LogP contribution in [0.25, 0.3) is 0 Å². The molecule has 0 saturated heterocycles. The molecule has 0 bridgehead atoms. The molecule has 2 aromatic rings. The number of rotatable bonds is 6. The number of methoxy groups -OCH3 is 1. The predicted octanol–water partition coefficient (Wildman–Crippen LogP) is 4.36. The molecule has 0 fully saturated rings. The Bertz CT molecular complexity index is 812. The molecule has 0 spiro atoms. The number of hydrogen-bond acceptors (Lipinski definition) is 5. The highest BCUT2D eigenvalue weighted by Crippen LogP contribution is 2.37. The molecule has 0 aliphatic rings. The molecule has 0 aromatic heterocycles. The zero-order chi connectivity index (χ0) is 18.4. The molecule has 2 rings (SSSR count). The summed E-state index contributed by atoms with van der Waals surface area (Å²) in [7, 11) is 1.47. The van der Waals surface area contributed by atoms with Crippen molar-refractivity contribution in [2.24, 2.45) is 0 Å². The van der Waals surface area contributed by atoms with Crippen LogP contribution in [0.1, 0.15) is 35.3 Å². The molecule has 0 N–H and O–H groups in total. The Hall–Kier alpha value is -2.71. The summed E-state index contributed by atoms with van der Waals surface area (Å²) in [6.45, 7) is 3.72. The summed E-state index contributed by atoms with van der Waals surface area (Å²) in [5.74, 6) is 0.167. The lowest BCUT2D eigenvalue weighted by molar-refractivity contribution is 0.0472. The molecule has 2 aromatic carbocycles. The third kappa shape index (κ3) is 4.65. The number of carbonyl (C=O) groups excluding carboxylic acids is 1. The first-order valence-corrected chi connectivity index (χ1v) is 8.03. The Morgan fingerprint density at radius 2 is 2.00 bits per heavy atom. The zero-order valence-electron chi connectivity index (χ0n) is 14.2. The second-order valence-corrected chi connectivity index (χ2v) is 5.91. The molecule has 0 aliphatic carbocycles. The van der Waals surface area contributed by atoms with E-state index in [1.165, 1.54) is 19.2 Å². The van der Waals surface area contributed by atoms with E-state index in [-0.39, 0.29) is 23.3 Å². The van der Waals surface area contributed by atoms with Gasteiger partial charge in [-0.1, -0.05) is 29.8 Å². The first kappa shape index (κ1) is 18.6. The maximum absolute atomic E-state index is 12.3. The molecule has 0 saturated carbocycles. The smallest absolute Gasteiger partial charge is 0.338 e. The summed E-state index contributed by atoms with van der Waals surface area (Å²) in [4.78, 5) is 12.3. The van der Waals surface area contributed by atoms with Gasteiger partial charge in [-0.25, -0.2) is 4.79 Å². The molecule has 0 unspecified atom stereocenters. The third-order valence-corrected chi connectivity index (χ3v) is 3.60. The molecule has 25 heavy (non-hydrogen) atoms. The van der Waals surface area contributed by atoms with Gasteiger partial charge in [0.05, 0.1) is 35.4 Å². The minimum absolute atomic E-state index is 0.00720. The van der Waals surface area contributed by atoms with E-state index in [1.54, 1.807) is 24.3 Å². The molecule has 0 amide bonds. The van der Waals surface area contributed by atoms with Crippen LogP contribution in [0, 0.1) is 11.3 Å². The van der Waals surface area contributed by atoms with Gasteiger partial charge < -0.3 is 14.2 Å². The average molecular weight is 360 g/mol. The summed E-state index contributed by atoms with van der Waals surface area (Å²) in [5.41, 5.74) is 1.34. The third-order valence-electron chi connectivity index (χ3n) is 3.32. The van der Waals surface area contributed by atoms with Gasteiger partial charge in [0.15, 0.2) is 11.5 Å². The fourth-order valence-electron chi connectivity index (χ4n) is 2.17. The summed E-state index contributed by atoms with van der Waals surface area (Å²) >= 11 is 6.21. The summed E-state index contributed by atoms with van der Waals surface area (Å²) in [6, 6.07) is 12.0. The quantitative estimate of drug-likeness (QED) is 0.716.